The second-order valence-corrected chi connectivity index (χ2v) is 6.06. The normalized spacial score (nSPS) is 13.4. The number of fused-ring (bicyclic) bond motifs is 1. The first kappa shape index (κ1) is 9.43. The fraction of sp³-hybridized carbons (Fsp3) is 0.125. The first-order chi connectivity index (χ1) is 6.25. The van der Waals surface area contributed by atoms with Gasteiger partial charge in [-0.15, -0.1) is 11.3 Å². The highest BCUT2D eigenvalue weighted by molar-refractivity contribution is 9.11. The monoisotopic (exact) mass is 277 g/mol. The van der Waals surface area contributed by atoms with Gasteiger partial charge in [-0.1, -0.05) is 12.1 Å². The summed E-state index contributed by atoms with van der Waals surface area (Å²) in [4.78, 5) is 4.26. The molecule has 1 nitrogen and oxygen atoms in total. The molecule has 1 atom stereocenters. The molecule has 0 N–H and O–H groups in total. The molecule has 1 aromatic carbocycles. The number of para-hydroxylation sites is 1. The van der Waals surface area contributed by atoms with Gasteiger partial charge in [-0.2, -0.15) is 0 Å². The highest BCUT2D eigenvalue weighted by Crippen LogP contribution is 2.34. The van der Waals surface area contributed by atoms with Gasteiger partial charge >= 0.3 is 0 Å². The molecule has 0 aliphatic heterocycles. The molecule has 0 fully saturated rings. The third-order valence-corrected chi connectivity index (χ3v) is 3.87. The molecule has 1 heterocycles. The van der Waals surface area contributed by atoms with E-state index in [-0.39, 0.29) is 0 Å². The van der Waals surface area contributed by atoms with E-state index >= 15 is 0 Å². The number of halogens is 2. The summed E-state index contributed by atoms with van der Waals surface area (Å²) in [5.74, 6) is 0. The number of alkyl halides is 2. The van der Waals surface area contributed by atoms with Crippen LogP contribution < -0.4 is 0 Å². The molecule has 0 spiro atoms. The van der Waals surface area contributed by atoms with Gasteiger partial charge in [-0.05, 0) is 39.8 Å². The maximum atomic E-state index is 12.6. The highest BCUT2D eigenvalue weighted by atomic mass is 79.9. The number of hydrogen-bond donors (Lipinski definition) is 0. The second-order valence-electron chi connectivity index (χ2n) is 2.33. The maximum absolute atomic E-state index is 12.6. The summed E-state index contributed by atoms with van der Waals surface area (Å²) in [6, 6.07) is 7.80. The predicted molar refractivity (Wildman–Crippen MR) is 59.3 cm³/mol. The van der Waals surface area contributed by atoms with Crippen LogP contribution in [0.1, 0.15) is 0 Å². The number of nitrogens with zero attached hydrogens (tertiary/aromatic N) is 1. The molecule has 68 valence electrons. The van der Waals surface area contributed by atoms with Crippen molar-refractivity contribution in [2.75, 3.05) is 0 Å². The molecular weight excluding hydrogens is 273 g/mol. The quantitative estimate of drug-likeness (QED) is 0.607. The van der Waals surface area contributed by atoms with E-state index in [1.54, 1.807) is 0 Å². The summed E-state index contributed by atoms with van der Waals surface area (Å²) < 4.78 is 13.3. The Morgan fingerprint density at radius 1 is 1.46 bits per heavy atom. The van der Waals surface area contributed by atoms with Gasteiger partial charge in [0.25, 0.3) is 0 Å². The average Bonchev–Trinajstić information content (AvgIpc) is 2.44. The predicted octanol–water partition coefficient (Wildman–Crippen LogP) is 4.04. The van der Waals surface area contributed by atoms with Gasteiger partial charge in [-0.25, -0.2) is 9.37 Å². The lowest BCUT2D eigenvalue weighted by Crippen LogP contribution is -1.76. The zero-order chi connectivity index (χ0) is 9.26. The van der Waals surface area contributed by atoms with Crippen LogP contribution in [-0.2, 0) is 0 Å². The Kier molecular flexibility index (Phi) is 2.86. The SMILES string of the molecule is FC(Br)Sc1nc2ccccc2s1. The van der Waals surface area contributed by atoms with E-state index in [0.29, 0.717) is 0 Å². The fourth-order valence-electron chi connectivity index (χ4n) is 0.978. The largest absolute Gasteiger partial charge is 0.230 e. The lowest BCUT2D eigenvalue weighted by Gasteiger charge is -1.91. The molecule has 0 amide bonds. The Morgan fingerprint density at radius 2 is 2.23 bits per heavy atom. The van der Waals surface area contributed by atoms with Crippen LogP contribution in [0.15, 0.2) is 28.6 Å². The molecular formula is C8H5BrFNS2. The Labute approximate surface area is 91.5 Å². The molecule has 0 aliphatic rings. The molecule has 5 heteroatoms. The van der Waals surface area contributed by atoms with E-state index in [0.717, 1.165) is 26.3 Å². The van der Waals surface area contributed by atoms with Gasteiger partial charge in [0.2, 0.25) is 4.41 Å². The van der Waals surface area contributed by atoms with Crippen LogP contribution in [0.2, 0.25) is 0 Å². The summed E-state index contributed by atoms with van der Waals surface area (Å²) in [6.45, 7) is 0. The van der Waals surface area contributed by atoms with E-state index in [4.69, 9.17) is 0 Å². The topological polar surface area (TPSA) is 12.9 Å². The number of aromatic nitrogens is 1. The van der Waals surface area contributed by atoms with Crippen LogP contribution in [0.3, 0.4) is 0 Å². The minimum absolute atomic E-state index is 0.755. The van der Waals surface area contributed by atoms with Gasteiger partial charge in [0.1, 0.15) is 0 Å². The number of hydrogen-bond acceptors (Lipinski definition) is 3. The number of thiazole rings is 1. The van der Waals surface area contributed by atoms with Crippen LogP contribution in [0, 0.1) is 0 Å². The van der Waals surface area contributed by atoms with Gasteiger partial charge in [-0.3, -0.25) is 0 Å². The van der Waals surface area contributed by atoms with Crippen LogP contribution in [-0.4, -0.2) is 9.40 Å². The Bertz CT molecular complexity index is 382. The third kappa shape index (κ3) is 2.21. The fourth-order valence-corrected chi connectivity index (χ4v) is 3.60. The molecule has 0 aliphatic carbocycles. The standard InChI is InChI=1S/C8H5BrFNS2/c9-7(10)13-8-11-5-3-1-2-4-6(5)12-8/h1-4,7H. The molecule has 0 saturated carbocycles. The van der Waals surface area contributed by atoms with E-state index in [9.17, 15) is 4.39 Å². The average molecular weight is 278 g/mol. The highest BCUT2D eigenvalue weighted by Gasteiger charge is 2.08. The lowest BCUT2D eigenvalue weighted by atomic mass is 10.3. The Morgan fingerprint density at radius 3 is 2.92 bits per heavy atom. The van der Waals surface area contributed by atoms with E-state index in [1.165, 1.54) is 11.3 Å². The van der Waals surface area contributed by atoms with Crippen molar-refractivity contribution in [2.24, 2.45) is 0 Å². The van der Waals surface area contributed by atoms with Gasteiger partial charge in [0.05, 0.1) is 10.2 Å². The van der Waals surface area contributed by atoms with Crippen LogP contribution in [0.5, 0.6) is 0 Å². The Balaban J connectivity index is 2.38. The minimum Gasteiger partial charge on any atom is -0.230 e. The van der Waals surface area contributed by atoms with Crippen LogP contribution in [0.4, 0.5) is 4.39 Å². The van der Waals surface area contributed by atoms with E-state index in [1.807, 2.05) is 24.3 Å². The first-order valence-electron chi connectivity index (χ1n) is 3.56. The summed E-state index contributed by atoms with van der Waals surface area (Å²) >= 11 is 5.42. The number of benzene rings is 1. The van der Waals surface area contributed by atoms with Crippen LogP contribution >= 0.6 is 39.0 Å². The van der Waals surface area contributed by atoms with Gasteiger partial charge < -0.3 is 0 Å². The van der Waals surface area contributed by atoms with Crippen molar-refractivity contribution in [1.82, 2.24) is 4.98 Å². The van der Waals surface area contributed by atoms with Crippen molar-refractivity contribution in [1.29, 1.82) is 0 Å². The molecule has 1 aromatic heterocycles. The van der Waals surface area contributed by atoms with E-state index in [2.05, 4.69) is 20.9 Å². The third-order valence-electron chi connectivity index (χ3n) is 1.46. The summed E-state index contributed by atoms with van der Waals surface area (Å²) in [5.41, 5.74) is 0.933. The van der Waals surface area contributed by atoms with Crippen LogP contribution in [0.25, 0.3) is 10.2 Å². The number of thioether (sulfide) groups is 1. The molecule has 1 unspecified atom stereocenters. The van der Waals surface area contributed by atoms with Gasteiger partial charge in [0, 0.05) is 0 Å². The molecule has 0 bridgehead atoms. The second kappa shape index (κ2) is 3.94. The molecule has 2 aromatic rings. The molecule has 13 heavy (non-hydrogen) atoms. The minimum atomic E-state index is -1.08. The van der Waals surface area contributed by atoms with Crippen molar-refractivity contribution in [3.05, 3.63) is 24.3 Å². The van der Waals surface area contributed by atoms with Gasteiger partial charge in [0.15, 0.2) is 4.34 Å². The van der Waals surface area contributed by atoms with E-state index < -0.39 is 4.41 Å². The van der Waals surface area contributed by atoms with Crippen molar-refractivity contribution >= 4 is 49.2 Å². The first-order valence-corrected chi connectivity index (χ1v) is 6.17. The zero-order valence-electron chi connectivity index (χ0n) is 6.41. The molecule has 0 saturated heterocycles. The lowest BCUT2D eigenvalue weighted by molar-refractivity contribution is 0.576. The van der Waals surface area contributed by atoms with Crippen molar-refractivity contribution in [3.8, 4) is 0 Å². The summed E-state index contributed by atoms with van der Waals surface area (Å²) in [6.07, 6.45) is 0. The molecule has 0 radical (unpaired) electrons. The Hall–Kier alpha value is -0.130. The zero-order valence-corrected chi connectivity index (χ0v) is 9.63. The summed E-state index contributed by atoms with van der Waals surface area (Å²) in [5, 5.41) is 0. The number of rotatable bonds is 2. The van der Waals surface area contributed by atoms with Crippen molar-refractivity contribution < 1.29 is 4.39 Å². The molecule has 2 rings (SSSR count). The van der Waals surface area contributed by atoms with Crippen molar-refractivity contribution in [3.63, 3.8) is 0 Å². The summed E-state index contributed by atoms with van der Waals surface area (Å²) in [7, 11) is 0. The van der Waals surface area contributed by atoms with Crippen molar-refractivity contribution in [2.45, 2.75) is 8.75 Å². The maximum Gasteiger partial charge on any atom is 0.207 e. The smallest absolute Gasteiger partial charge is 0.207 e.